The first-order chi connectivity index (χ1) is 11.5. The highest BCUT2D eigenvalue weighted by Crippen LogP contribution is 2.39. The summed E-state index contributed by atoms with van der Waals surface area (Å²) in [6.07, 6.45) is 1.11. The number of likely N-dealkylation sites (tertiary alicyclic amines) is 1. The Morgan fingerprint density at radius 3 is 2.75 bits per heavy atom. The van der Waals surface area contributed by atoms with Crippen molar-refractivity contribution in [2.75, 3.05) is 19.9 Å². The minimum absolute atomic E-state index is 0.0563. The second kappa shape index (κ2) is 6.34. The van der Waals surface area contributed by atoms with Gasteiger partial charge in [-0.1, -0.05) is 0 Å². The van der Waals surface area contributed by atoms with Gasteiger partial charge in [-0.2, -0.15) is 0 Å². The van der Waals surface area contributed by atoms with Gasteiger partial charge in [0.05, 0.1) is 17.6 Å². The third-order valence-corrected chi connectivity index (χ3v) is 3.99. The summed E-state index contributed by atoms with van der Waals surface area (Å²) < 4.78 is 15.3. The Morgan fingerprint density at radius 2 is 2.08 bits per heavy atom. The third-order valence-electron chi connectivity index (χ3n) is 3.99. The molecule has 1 saturated heterocycles. The SMILES string of the molecule is CCOC(=O)C1CCCN1C(=O)c1cc2c(cc1[N+](=O)[O-])OCO2. The van der Waals surface area contributed by atoms with Gasteiger partial charge < -0.3 is 19.1 Å². The van der Waals surface area contributed by atoms with Crippen LogP contribution in [0.5, 0.6) is 11.5 Å². The summed E-state index contributed by atoms with van der Waals surface area (Å²) in [4.78, 5) is 36.8. The molecule has 2 heterocycles. The van der Waals surface area contributed by atoms with Crippen LogP contribution in [0, 0.1) is 10.1 Å². The molecule has 0 saturated carbocycles. The lowest BCUT2D eigenvalue weighted by molar-refractivity contribution is -0.385. The number of nitro groups is 1. The quantitative estimate of drug-likeness (QED) is 0.465. The number of ether oxygens (including phenoxy) is 3. The summed E-state index contributed by atoms with van der Waals surface area (Å²) in [5.41, 5.74) is -0.501. The summed E-state index contributed by atoms with van der Waals surface area (Å²) >= 11 is 0. The molecule has 3 rings (SSSR count). The standard InChI is InChI=1S/C15H16N2O7/c1-2-22-15(19)10-4-3-5-16(10)14(18)9-6-12-13(24-8-23-12)7-11(9)17(20)21/h6-7,10H,2-5,8H2,1H3. The normalized spacial score (nSPS) is 18.5. The summed E-state index contributed by atoms with van der Waals surface area (Å²) in [6.45, 7) is 2.18. The number of esters is 1. The zero-order chi connectivity index (χ0) is 17.3. The van der Waals surface area contributed by atoms with Crippen LogP contribution in [0.2, 0.25) is 0 Å². The first kappa shape index (κ1) is 16.0. The molecule has 2 aliphatic heterocycles. The largest absolute Gasteiger partial charge is 0.464 e. The molecule has 24 heavy (non-hydrogen) atoms. The Morgan fingerprint density at radius 1 is 1.38 bits per heavy atom. The van der Waals surface area contributed by atoms with Gasteiger partial charge in [-0.25, -0.2) is 4.79 Å². The first-order valence-corrected chi connectivity index (χ1v) is 7.58. The van der Waals surface area contributed by atoms with Crippen molar-refractivity contribution < 1.29 is 28.7 Å². The fourth-order valence-electron chi connectivity index (χ4n) is 2.90. The van der Waals surface area contributed by atoms with Crippen LogP contribution in [-0.4, -0.2) is 47.7 Å². The topological polar surface area (TPSA) is 108 Å². The molecule has 0 radical (unpaired) electrons. The van der Waals surface area contributed by atoms with Gasteiger partial charge in [-0.3, -0.25) is 14.9 Å². The number of benzene rings is 1. The molecule has 9 heteroatoms. The number of hydrogen-bond acceptors (Lipinski definition) is 7. The summed E-state index contributed by atoms with van der Waals surface area (Å²) in [5, 5.41) is 11.3. The molecule has 1 aromatic carbocycles. The van der Waals surface area contributed by atoms with Crippen LogP contribution in [0.15, 0.2) is 12.1 Å². The van der Waals surface area contributed by atoms with Crippen molar-refractivity contribution in [3.8, 4) is 11.5 Å². The molecule has 1 atom stereocenters. The Balaban J connectivity index is 1.94. The molecular weight excluding hydrogens is 320 g/mol. The van der Waals surface area contributed by atoms with Crippen molar-refractivity contribution in [2.45, 2.75) is 25.8 Å². The van der Waals surface area contributed by atoms with E-state index in [1.54, 1.807) is 6.92 Å². The second-order valence-corrected chi connectivity index (χ2v) is 5.39. The average Bonchev–Trinajstić information content (AvgIpc) is 3.21. The predicted octanol–water partition coefficient (Wildman–Crippen LogP) is 1.49. The lowest BCUT2D eigenvalue weighted by Crippen LogP contribution is -2.41. The van der Waals surface area contributed by atoms with Gasteiger partial charge in [-0.15, -0.1) is 0 Å². The van der Waals surface area contributed by atoms with E-state index in [0.717, 1.165) is 0 Å². The molecule has 0 N–H and O–H groups in total. The van der Waals surface area contributed by atoms with Crippen molar-refractivity contribution in [3.05, 3.63) is 27.8 Å². The van der Waals surface area contributed by atoms with Crippen LogP contribution >= 0.6 is 0 Å². The monoisotopic (exact) mass is 336 g/mol. The van der Waals surface area contributed by atoms with Gasteiger partial charge in [-0.05, 0) is 19.8 Å². The Labute approximate surface area is 137 Å². The fourth-order valence-corrected chi connectivity index (χ4v) is 2.90. The molecule has 1 fully saturated rings. The molecule has 2 aliphatic rings. The van der Waals surface area contributed by atoms with Crippen LogP contribution in [0.25, 0.3) is 0 Å². The smallest absolute Gasteiger partial charge is 0.328 e. The van der Waals surface area contributed by atoms with Gasteiger partial charge in [0.25, 0.3) is 11.6 Å². The molecule has 0 aromatic heterocycles. The van der Waals surface area contributed by atoms with Gasteiger partial charge in [0.2, 0.25) is 6.79 Å². The van der Waals surface area contributed by atoms with E-state index in [2.05, 4.69) is 0 Å². The third kappa shape index (κ3) is 2.72. The fraction of sp³-hybridized carbons (Fsp3) is 0.467. The number of carbonyl (C=O) groups excluding carboxylic acids is 2. The number of fused-ring (bicyclic) bond motifs is 1. The number of carbonyl (C=O) groups is 2. The van der Waals surface area contributed by atoms with E-state index in [1.807, 2.05) is 0 Å². The molecule has 9 nitrogen and oxygen atoms in total. The molecular formula is C15H16N2O7. The van der Waals surface area contributed by atoms with E-state index in [-0.39, 0.29) is 36.1 Å². The van der Waals surface area contributed by atoms with Gasteiger partial charge in [0, 0.05) is 12.6 Å². The highest BCUT2D eigenvalue weighted by molar-refractivity contribution is 6.01. The molecule has 1 unspecified atom stereocenters. The average molecular weight is 336 g/mol. The van der Waals surface area contributed by atoms with E-state index < -0.39 is 22.8 Å². The van der Waals surface area contributed by atoms with Gasteiger partial charge in [0.15, 0.2) is 11.5 Å². The maximum atomic E-state index is 12.8. The van der Waals surface area contributed by atoms with E-state index in [4.69, 9.17) is 14.2 Å². The van der Waals surface area contributed by atoms with Gasteiger partial charge >= 0.3 is 5.97 Å². The number of hydrogen-bond donors (Lipinski definition) is 0. The summed E-state index contributed by atoms with van der Waals surface area (Å²) in [6, 6.07) is 1.75. The lowest BCUT2D eigenvalue weighted by Gasteiger charge is -2.23. The van der Waals surface area contributed by atoms with E-state index in [9.17, 15) is 19.7 Å². The Hall–Kier alpha value is -2.84. The summed E-state index contributed by atoms with van der Waals surface area (Å²) in [5.74, 6) is -0.584. The number of rotatable bonds is 4. The zero-order valence-electron chi connectivity index (χ0n) is 13.0. The minimum atomic E-state index is -0.720. The molecule has 0 spiro atoms. The van der Waals surface area contributed by atoms with Crippen molar-refractivity contribution in [3.63, 3.8) is 0 Å². The van der Waals surface area contributed by atoms with Crippen LogP contribution < -0.4 is 9.47 Å². The molecule has 1 aromatic rings. The van der Waals surface area contributed by atoms with E-state index >= 15 is 0 Å². The number of nitrogens with zero attached hydrogens (tertiary/aromatic N) is 2. The van der Waals surface area contributed by atoms with Crippen LogP contribution in [0.1, 0.15) is 30.1 Å². The van der Waals surface area contributed by atoms with Crippen LogP contribution in [0.3, 0.4) is 0 Å². The first-order valence-electron chi connectivity index (χ1n) is 7.58. The lowest BCUT2D eigenvalue weighted by atomic mass is 10.1. The maximum absolute atomic E-state index is 12.8. The Kier molecular flexibility index (Phi) is 4.24. The molecule has 0 aliphatic carbocycles. The molecule has 128 valence electrons. The highest BCUT2D eigenvalue weighted by atomic mass is 16.7. The number of amides is 1. The minimum Gasteiger partial charge on any atom is -0.464 e. The van der Waals surface area contributed by atoms with Crippen molar-refractivity contribution in [1.29, 1.82) is 0 Å². The van der Waals surface area contributed by atoms with Crippen LogP contribution in [0.4, 0.5) is 5.69 Å². The van der Waals surface area contributed by atoms with Crippen molar-refractivity contribution >= 4 is 17.6 Å². The van der Waals surface area contributed by atoms with Crippen LogP contribution in [-0.2, 0) is 9.53 Å². The van der Waals surface area contributed by atoms with Gasteiger partial charge in [0.1, 0.15) is 11.6 Å². The maximum Gasteiger partial charge on any atom is 0.328 e. The summed E-state index contributed by atoms with van der Waals surface area (Å²) in [7, 11) is 0. The van der Waals surface area contributed by atoms with E-state index in [0.29, 0.717) is 19.4 Å². The number of nitro benzene ring substituents is 1. The zero-order valence-corrected chi connectivity index (χ0v) is 13.0. The predicted molar refractivity (Wildman–Crippen MR) is 79.9 cm³/mol. The van der Waals surface area contributed by atoms with E-state index in [1.165, 1.54) is 17.0 Å². The van der Waals surface area contributed by atoms with Crippen molar-refractivity contribution in [2.24, 2.45) is 0 Å². The second-order valence-electron chi connectivity index (χ2n) is 5.39. The van der Waals surface area contributed by atoms with Crippen molar-refractivity contribution in [1.82, 2.24) is 4.90 Å². The molecule has 0 bridgehead atoms. The Bertz CT molecular complexity index is 703. The highest BCUT2D eigenvalue weighted by Gasteiger charge is 2.38. The molecule has 1 amide bonds.